The van der Waals surface area contributed by atoms with Crippen LogP contribution in [0, 0.1) is 0 Å². The zero-order valence-corrected chi connectivity index (χ0v) is 14.1. The summed E-state index contributed by atoms with van der Waals surface area (Å²) in [7, 11) is 0. The molecule has 1 aromatic heterocycles. The van der Waals surface area contributed by atoms with E-state index in [0.29, 0.717) is 6.04 Å². The van der Waals surface area contributed by atoms with Crippen LogP contribution in [0.25, 0.3) is 0 Å². The predicted octanol–water partition coefficient (Wildman–Crippen LogP) is 5.93. The molecule has 0 radical (unpaired) electrons. The first-order valence-corrected chi connectivity index (χ1v) is 9.54. The van der Waals surface area contributed by atoms with Crippen molar-refractivity contribution >= 4 is 11.3 Å². The van der Waals surface area contributed by atoms with E-state index >= 15 is 0 Å². The number of thiophene rings is 1. The fourth-order valence-corrected chi connectivity index (χ4v) is 3.35. The summed E-state index contributed by atoms with van der Waals surface area (Å²) >= 11 is 1.78. The molecule has 0 aliphatic heterocycles. The van der Waals surface area contributed by atoms with E-state index in [0.717, 1.165) is 12.8 Å². The SMILES string of the molecule is CCCCCCCCCCCC(N)CCc1ccsc1. The van der Waals surface area contributed by atoms with Crippen molar-refractivity contribution in [3.63, 3.8) is 0 Å². The van der Waals surface area contributed by atoms with Crippen LogP contribution in [-0.2, 0) is 6.42 Å². The van der Waals surface area contributed by atoms with E-state index in [4.69, 9.17) is 5.73 Å². The molecule has 0 amide bonds. The molecular weight excluding hydrogens is 262 g/mol. The quantitative estimate of drug-likeness (QED) is 0.448. The number of hydrogen-bond acceptors (Lipinski definition) is 2. The van der Waals surface area contributed by atoms with E-state index in [2.05, 4.69) is 23.8 Å². The van der Waals surface area contributed by atoms with Crippen molar-refractivity contribution in [3.05, 3.63) is 22.4 Å². The Bertz CT molecular complexity index is 294. The highest BCUT2D eigenvalue weighted by atomic mass is 32.1. The Hall–Kier alpha value is -0.340. The van der Waals surface area contributed by atoms with Crippen molar-refractivity contribution in [2.45, 2.75) is 90.0 Å². The van der Waals surface area contributed by atoms with Crippen LogP contribution >= 0.6 is 11.3 Å². The van der Waals surface area contributed by atoms with Gasteiger partial charge in [0.05, 0.1) is 0 Å². The van der Waals surface area contributed by atoms with Crippen LogP contribution in [-0.4, -0.2) is 6.04 Å². The zero-order chi connectivity index (χ0) is 14.5. The molecule has 1 heterocycles. The molecule has 1 nitrogen and oxygen atoms in total. The molecule has 1 aromatic rings. The Kier molecular flexibility index (Phi) is 11.0. The summed E-state index contributed by atoms with van der Waals surface area (Å²) in [6.07, 6.45) is 16.1. The molecule has 0 saturated heterocycles. The summed E-state index contributed by atoms with van der Waals surface area (Å²) in [5.41, 5.74) is 7.65. The molecule has 0 aliphatic rings. The van der Waals surface area contributed by atoms with Crippen LogP contribution in [0.3, 0.4) is 0 Å². The molecule has 116 valence electrons. The first-order chi connectivity index (χ1) is 9.83. The molecule has 0 bridgehead atoms. The molecular formula is C18H33NS. The van der Waals surface area contributed by atoms with Crippen LogP contribution in [0.15, 0.2) is 16.8 Å². The highest BCUT2D eigenvalue weighted by molar-refractivity contribution is 7.07. The van der Waals surface area contributed by atoms with Crippen LogP contribution in [0.2, 0.25) is 0 Å². The van der Waals surface area contributed by atoms with E-state index in [1.54, 1.807) is 11.3 Å². The average molecular weight is 296 g/mol. The largest absolute Gasteiger partial charge is 0.328 e. The van der Waals surface area contributed by atoms with Gasteiger partial charge in [0, 0.05) is 6.04 Å². The van der Waals surface area contributed by atoms with Crippen molar-refractivity contribution in [2.75, 3.05) is 0 Å². The first kappa shape index (κ1) is 17.7. The van der Waals surface area contributed by atoms with Crippen LogP contribution in [0.5, 0.6) is 0 Å². The molecule has 0 aliphatic carbocycles. The Labute approximate surface area is 130 Å². The molecule has 2 N–H and O–H groups in total. The van der Waals surface area contributed by atoms with Gasteiger partial charge in [-0.2, -0.15) is 11.3 Å². The van der Waals surface area contributed by atoms with Gasteiger partial charge in [0.25, 0.3) is 0 Å². The van der Waals surface area contributed by atoms with Crippen molar-refractivity contribution in [1.29, 1.82) is 0 Å². The second-order valence-corrected chi connectivity index (χ2v) is 6.83. The van der Waals surface area contributed by atoms with Gasteiger partial charge in [-0.25, -0.2) is 0 Å². The predicted molar refractivity (Wildman–Crippen MR) is 92.5 cm³/mol. The average Bonchev–Trinajstić information content (AvgIpc) is 2.96. The number of aryl methyl sites for hydroxylation is 1. The van der Waals surface area contributed by atoms with Gasteiger partial charge in [-0.05, 0) is 41.7 Å². The Morgan fingerprint density at radius 3 is 2.20 bits per heavy atom. The number of rotatable bonds is 13. The van der Waals surface area contributed by atoms with Crippen LogP contribution in [0.4, 0.5) is 0 Å². The van der Waals surface area contributed by atoms with Gasteiger partial charge in [0.15, 0.2) is 0 Å². The second-order valence-electron chi connectivity index (χ2n) is 6.05. The summed E-state index contributed by atoms with van der Waals surface area (Å²) < 4.78 is 0. The van der Waals surface area contributed by atoms with Gasteiger partial charge in [-0.15, -0.1) is 0 Å². The Morgan fingerprint density at radius 2 is 1.60 bits per heavy atom. The maximum Gasteiger partial charge on any atom is 0.00419 e. The molecule has 0 aromatic carbocycles. The zero-order valence-electron chi connectivity index (χ0n) is 13.3. The van der Waals surface area contributed by atoms with Gasteiger partial charge in [-0.3, -0.25) is 0 Å². The van der Waals surface area contributed by atoms with Crippen molar-refractivity contribution < 1.29 is 0 Å². The molecule has 1 atom stereocenters. The maximum absolute atomic E-state index is 6.19. The van der Waals surface area contributed by atoms with Crippen molar-refractivity contribution in [1.82, 2.24) is 0 Å². The lowest BCUT2D eigenvalue weighted by molar-refractivity contribution is 0.506. The lowest BCUT2D eigenvalue weighted by atomic mass is 10.0. The molecule has 1 unspecified atom stereocenters. The van der Waals surface area contributed by atoms with Gasteiger partial charge < -0.3 is 5.73 Å². The monoisotopic (exact) mass is 295 g/mol. The minimum absolute atomic E-state index is 0.402. The molecule has 0 spiro atoms. The lowest BCUT2D eigenvalue weighted by Crippen LogP contribution is -2.20. The summed E-state index contributed by atoms with van der Waals surface area (Å²) in [6, 6.07) is 2.62. The normalized spacial score (nSPS) is 12.7. The molecule has 1 rings (SSSR count). The summed E-state index contributed by atoms with van der Waals surface area (Å²) in [4.78, 5) is 0. The molecule has 0 saturated carbocycles. The highest BCUT2D eigenvalue weighted by Crippen LogP contribution is 2.14. The van der Waals surface area contributed by atoms with E-state index in [1.165, 1.54) is 69.8 Å². The minimum Gasteiger partial charge on any atom is -0.328 e. The summed E-state index contributed by atoms with van der Waals surface area (Å²) in [6.45, 7) is 2.28. The molecule has 0 fully saturated rings. The Morgan fingerprint density at radius 1 is 0.950 bits per heavy atom. The first-order valence-electron chi connectivity index (χ1n) is 8.59. The topological polar surface area (TPSA) is 26.0 Å². The standard InChI is InChI=1S/C18H33NS/c1-2-3-4-5-6-7-8-9-10-11-18(19)13-12-17-14-15-20-16-17/h14-16,18H,2-13,19H2,1H3. The van der Waals surface area contributed by atoms with E-state index in [9.17, 15) is 0 Å². The minimum atomic E-state index is 0.402. The third kappa shape index (κ3) is 9.55. The smallest absolute Gasteiger partial charge is 0.00419 e. The highest BCUT2D eigenvalue weighted by Gasteiger charge is 2.03. The number of unbranched alkanes of at least 4 members (excludes halogenated alkanes) is 8. The summed E-state index contributed by atoms with van der Waals surface area (Å²) in [5.74, 6) is 0. The van der Waals surface area contributed by atoms with Crippen molar-refractivity contribution in [3.8, 4) is 0 Å². The molecule has 20 heavy (non-hydrogen) atoms. The summed E-state index contributed by atoms with van der Waals surface area (Å²) in [5, 5.41) is 4.40. The number of hydrogen-bond donors (Lipinski definition) is 1. The third-order valence-corrected chi connectivity index (χ3v) is 4.79. The lowest BCUT2D eigenvalue weighted by Gasteiger charge is -2.10. The van der Waals surface area contributed by atoms with E-state index in [-0.39, 0.29) is 0 Å². The number of nitrogens with two attached hydrogens (primary N) is 1. The van der Waals surface area contributed by atoms with E-state index < -0.39 is 0 Å². The van der Waals surface area contributed by atoms with Gasteiger partial charge in [0.2, 0.25) is 0 Å². The fraction of sp³-hybridized carbons (Fsp3) is 0.778. The maximum atomic E-state index is 6.19. The van der Waals surface area contributed by atoms with Crippen molar-refractivity contribution in [2.24, 2.45) is 5.73 Å². The second kappa shape index (κ2) is 12.4. The fourth-order valence-electron chi connectivity index (χ4n) is 2.65. The van der Waals surface area contributed by atoms with Gasteiger partial charge in [-0.1, -0.05) is 64.7 Å². The van der Waals surface area contributed by atoms with Gasteiger partial charge >= 0.3 is 0 Å². The van der Waals surface area contributed by atoms with Crippen LogP contribution < -0.4 is 5.73 Å². The Balaban J connectivity index is 1.83. The third-order valence-electron chi connectivity index (χ3n) is 4.06. The van der Waals surface area contributed by atoms with E-state index in [1.807, 2.05) is 0 Å². The molecule has 2 heteroatoms. The van der Waals surface area contributed by atoms with Gasteiger partial charge in [0.1, 0.15) is 0 Å². The van der Waals surface area contributed by atoms with Crippen LogP contribution in [0.1, 0.15) is 83.1 Å².